The number of oxazole rings is 1. The molecule has 0 amide bonds. The third-order valence-corrected chi connectivity index (χ3v) is 3.33. The van der Waals surface area contributed by atoms with E-state index in [0.29, 0.717) is 10.8 Å². The summed E-state index contributed by atoms with van der Waals surface area (Å²) >= 11 is 1.45. The third kappa shape index (κ3) is 2.77. The lowest BCUT2D eigenvalue weighted by atomic mass is 10.2. The molecule has 3 nitrogen and oxygen atoms in total. The first-order valence-electron chi connectivity index (χ1n) is 5.29. The molecule has 0 saturated carbocycles. The van der Waals surface area contributed by atoms with Gasteiger partial charge in [-0.25, -0.2) is 4.98 Å². The highest BCUT2D eigenvalue weighted by atomic mass is 32.2. The fourth-order valence-corrected chi connectivity index (χ4v) is 2.17. The molecule has 1 heterocycles. The molecule has 4 heteroatoms. The van der Waals surface area contributed by atoms with E-state index in [4.69, 9.17) is 4.42 Å². The number of carbonyl (C=O) groups is 1. The van der Waals surface area contributed by atoms with Crippen molar-refractivity contribution in [2.24, 2.45) is 0 Å². The Bertz CT molecular complexity index is 524. The number of aromatic nitrogens is 1. The average Bonchev–Trinajstić information content (AvgIpc) is 2.58. The van der Waals surface area contributed by atoms with E-state index in [9.17, 15) is 4.79 Å². The molecule has 0 radical (unpaired) electrons. The van der Waals surface area contributed by atoms with Crippen LogP contribution in [0, 0.1) is 13.8 Å². The van der Waals surface area contributed by atoms with Crippen LogP contribution in [0.3, 0.4) is 0 Å². The van der Waals surface area contributed by atoms with E-state index in [0.717, 1.165) is 16.3 Å². The van der Waals surface area contributed by atoms with Crippen molar-refractivity contribution in [2.45, 2.75) is 30.9 Å². The van der Waals surface area contributed by atoms with Gasteiger partial charge >= 0.3 is 0 Å². The molecular weight excluding hydrogens is 234 g/mol. The summed E-state index contributed by atoms with van der Waals surface area (Å²) in [4.78, 5) is 16.4. The van der Waals surface area contributed by atoms with Crippen LogP contribution in [0.25, 0.3) is 0 Å². The largest absolute Gasteiger partial charge is 0.436 e. The Kier molecular flexibility index (Phi) is 3.33. The van der Waals surface area contributed by atoms with Crippen LogP contribution in [0.4, 0.5) is 0 Å². The summed E-state index contributed by atoms with van der Waals surface area (Å²) < 4.78 is 5.48. The van der Waals surface area contributed by atoms with Crippen LogP contribution in [0.5, 0.6) is 0 Å². The lowest BCUT2D eigenvalue weighted by Gasteiger charge is -1.98. The molecule has 0 fully saturated rings. The molecule has 0 aliphatic rings. The lowest BCUT2D eigenvalue weighted by Crippen LogP contribution is -1.90. The van der Waals surface area contributed by atoms with Crippen molar-refractivity contribution in [1.29, 1.82) is 0 Å². The van der Waals surface area contributed by atoms with Gasteiger partial charge in [-0.3, -0.25) is 4.79 Å². The van der Waals surface area contributed by atoms with E-state index in [2.05, 4.69) is 4.98 Å². The Balaban J connectivity index is 2.16. The van der Waals surface area contributed by atoms with E-state index in [1.165, 1.54) is 11.8 Å². The maximum atomic E-state index is 11.1. The molecule has 2 rings (SSSR count). The van der Waals surface area contributed by atoms with Gasteiger partial charge in [0.15, 0.2) is 5.78 Å². The first kappa shape index (κ1) is 11.9. The second kappa shape index (κ2) is 4.75. The van der Waals surface area contributed by atoms with Gasteiger partial charge in [0.1, 0.15) is 5.76 Å². The minimum absolute atomic E-state index is 0.0735. The van der Waals surface area contributed by atoms with Crippen LogP contribution in [0.15, 0.2) is 38.8 Å². The molecule has 0 aliphatic heterocycles. The predicted octanol–water partition coefficient (Wildman–Crippen LogP) is 3.65. The van der Waals surface area contributed by atoms with Crippen LogP contribution in [-0.2, 0) is 0 Å². The number of ketones is 1. The molecule has 0 spiro atoms. The molecule has 0 N–H and O–H groups in total. The molecule has 1 aromatic carbocycles. The molecule has 0 aliphatic carbocycles. The van der Waals surface area contributed by atoms with Crippen LogP contribution >= 0.6 is 11.8 Å². The molecule has 2 aromatic rings. The van der Waals surface area contributed by atoms with E-state index < -0.39 is 0 Å². The molecule has 88 valence electrons. The second-order valence-electron chi connectivity index (χ2n) is 3.80. The Morgan fingerprint density at radius 1 is 1.24 bits per heavy atom. The lowest BCUT2D eigenvalue weighted by molar-refractivity contribution is 0.101. The minimum atomic E-state index is 0.0735. The number of hydrogen-bond acceptors (Lipinski definition) is 4. The normalized spacial score (nSPS) is 10.5. The SMILES string of the molecule is CC(=O)c1ccc(Sc2nc(C)c(C)o2)cc1. The number of benzene rings is 1. The molecule has 17 heavy (non-hydrogen) atoms. The number of aryl methyl sites for hydroxylation is 2. The van der Waals surface area contributed by atoms with Gasteiger partial charge < -0.3 is 4.42 Å². The first-order valence-corrected chi connectivity index (χ1v) is 6.11. The zero-order valence-electron chi connectivity index (χ0n) is 9.98. The number of hydrogen-bond donors (Lipinski definition) is 0. The molecule has 0 atom stereocenters. The van der Waals surface area contributed by atoms with Crippen LogP contribution in [0.2, 0.25) is 0 Å². The van der Waals surface area contributed by atoms with Crippen molar-refractivity contribution in [3.63, 3.8) is 0 Å². The smallest absolute Gasteiger partial charge is 0.260 e. The molecule has 0 saturated heterocycles. The number of carbonyl (C=O) groups excluding carboxylic acids is 1. The number of nitrogens with zero attached hydrogens (tertiary/aromatic N) is 1. The summed E-state index contributed by atoms with van der Waals surface area (Å²) in [6.45, 7) is 5.37. The highest BCUT2D eigenvalue weighted by molar-refractivity contribution is 7.99. The van der Waals surface area contributed by atoms with E-state index >= 15 is 0 Å². The van der Waals surface area contributed by atoms with Gasteiger partial charge in [-0.05, 0) is 44.7 Å². The Morgan fingerprint density at radius 3 is 2.35 bits per heavy atom. The zero-order valence-corrected chi connectivity index (χ0v) is 10.8. The Labute approximate surface area is 104 Å². The van der Waals surface area contributed by atoms with Crippen molar-refractivity contribution < 1.29 is 9.21 Å². The summed E-state index contributed by atoms with van der Waals surface area (Å²) in [5, 5.41) is 0.635. The highest BCUT2D eigenvalue weighted by Crippen LogP contribution is 2.28. The van der Waals surface area contributed by atoms with Crippen molar-refractivity contribution in [3.05, 3.63) is 41.3 Å². The van der Waals surface area contributed by atoms with Crippen molar-refractivity contribution in [2.75, 3.05) is 0 Å². The summed E-state index contributed by atoms with van der Waals surface area (Å²) in [5.74, 6) is 0.914. The summed E-state index contributed by atoms with van der Waals surface area (Å²) in [6.07, 6.45) is 0. The van der Waals surface area contributed by atoms with Gasteiger partial charge in [0.25, 0.3) is 5.22 Å². The molecule has 0 unspecified atom stereocenters. The summed E-state index contributed by atoms with van der Waals surface area (Å²) in [6, 6.07) is 7.42. The number of rotatable bonds is 3. The van der Waals surface area contributed by atoms with Gasteiger partial charge in [-0.15, -0.1) is 0 Å². The summed E-state index contributed by atoms with van der Waals surface area (Å²) in [7, 11) is 0. The van der Waals surface area contributed by atoms with Gasteiger partial charge in [-0.2, -0.15) is 0 Å². The standard InChI is InChI=1S/C13H13NO2S/c1-8-10(3)16-13(14-8)17-12-6-4-11(5-7-12)9(2)15/h4-7H,1-3H3. The van der Waals surface area contributed by atoms with Crippen LogP contribution in [0.1, 0.15) is 28.7 Å². The van der Waals surface area contributed by atoms with Crippen molar-refractivity contribution in [3.8, 4) is 0 Å². The predicted molar refractivity (Wildman–Crippen MR) is 66.5 cm³/mol. The van der Waals surface area contributed by atoms with E-state index in [1.54, 1.807) is 6.92 Å². The third-order valence-electron chi connectivity index (χ3n) is 2.47. The van der Waals surface area contributed by atoms with Gasteiger partial charge in [-0.1, -0.05) is 12.1 Å². The van der Waals surface area contributed by atoms with E-state index in [-0.39, 0.29) is 5.78 Å². The van der Waals surface area contributed by atoms with Crippen molar-refractivity contribution >= 4 is 17.5 Å². The highest BCUT2D eigenvalue weighted by Gasteiger charge is 2.07. The molecule has 0 bridgehead atoms. The van der Waals surface area contributed by atoms with Gasteiger partial charge in [0, 0.05) is 10.5 Å². The van der Waals surface area contributed by atoms with Gasteiger partial charge in [0.2, 0.25) is 0 Å². The van der Waals surface area contributed by atoms with Crippen LogP contribution < -0.4 is 0 Å². The Morgan fingerprint density at radius 2 is 1.88 bits per heavy atom. The Hall–Kier alpha value is -1.55. The van der Waals surface area contributed by atoms with Crippen molar-refractivity contribution in [1.82, 2.24) is 4.98 Å². The fourth-order valence-electron chi connectivity index (χ4n) is 1.35. The fraction of sp³-hybridized carbons (Fsp3) is 0.231. The maximum absolute atomic E-state index is 11.1. The van der Waals surface area contributed by atoms with Crippen LogP contribution in [-0.4, -0.2) is 10.8 Å². The second-order valence-corrected chi connectivity index (χ2v) is 4.83. The zero-order chi connectivity index (χ0) is 12.4. The average molecular weight is 247 g/mol. The van der Waals surface area contributed by atoms with E-state index in [1.807, 2.05) is 38.1 Å². The molecular formula is C13H13NO2S. The maximum Gasteiger partial charge on any atom is 0.260 e. The molecule has 1 aromatic heterocycles. The quantitative estimate of drug-likeness (QED) is 0.776. The summed E-state index contributed by atoms with van der Waals surface area (Å²) in [5.41, 5.74) is 1.63. The number of Topliss-reactive ketones (excluding diaryl/α,β-unsaturated/α-hetero) is 1. The first-order chi connectivity index (χ1) is 8.06. The minimum Gasteiger partial charge on any atom is -0.436 e. The van der Waals surface area contributed by atoms with Gasteiger partial charge in [0.05, 0.1) is 5.69 Å². The monoisotopic (exact) mass is 247 g/mol. The topological polar surface area (TPSA) is 43.1 Å².